The Morgan fingerprint density at radius 1 is 0.667 bits per heavy atom. The van der Waals surface area contributed by atoms with Crippen LogP contribution in [0, 0.1) is 0 Å². The summed E-state index contributed by atoms with van der Waals surface area (Å²) in [7, 11) is 0. The summed E-state index contributed by atoms with van der Waals surface area (Å²) < 4.78 is 0. The smallest absolute Gasteiger partial charge is 0.689 e. The third kappa shape index (κ3) is 18.6. The minimum Gasteiger partial charge on any atom is -0.689 e. The molecule has 0 unspecified atom stereocenters. The number of rotatable bonds is 4. The van der Waals surface area contributed by atoms with Crippen LogP contribution in [0.2, 0.25) is 0 Å². The van der Waals surface area contributed by atoms with Gasteiger partial charge in [0, 0.05) is 0 Å². The summed E-state index contributed by atoms with van der Waals surface area (Å²) in [5, 5.41) is 31.5. The largest absolute Gasteiger partial charge is 1.00 e. The molecule has 0 aliphatic heterocycles. The number of hydrogen-bond donors (Lipinski definition) is 0. The van der Waals surface area contributed by atoms with Crippen molar-refractivity contribution in [2.24, 2.45) is 0 Å². The van der Waals surface area contributed by atoms with Crippen LogP contribution in [0.15, 0.2) is 0 Å². The maximum absolute atomic E-state index is 8.72. The van der Waals surface area contributed by atoms with E-state index in [1.807, 2.05) is 0 Å². The average Bonchev–Trinajstić information content (AvgIpc) is 1.69. The van der Waals surface area contributed by atoms with E-state index >= 15 is 0 Å². The van der Waals surface area contributed by atoms with Crippen molar-refractivity contribution in [1.29, 1.82) is 0 Å². The molecule has 0 aromatic rings. The summed E-state index contributed by atoms with van der Waals surface area (Å²) in [5.41, 5.74) is 0. The van der Waals surface area contributed by atoms with Gasteiger partial charge in [0.25, 0.3) is 0 Å². The second-order valence-corrected chi connectivity index (χ2v) is 0.340. The molecular weight excluding hydrogens is 378 g/mol. The molecule has 0 radical (unpaired) electrons. The summed E-state index contributed by atoms with van der Waals surface area (Å²) in [6.07, 6.45) is 0. The maximum atomic E-state index is 8.72. The van der Waals surface area contributed by atoms with Gasteiger partial charge in [-0.2, -0.15) is 0 Å². The molecule has 0 amide bonds. The molecule has 0 spiro atoms. The van der Waals surface area contributed by atoms with Gasteiger partial charge in [-0.25, -0.2) is 0 Å². The van der Waals surface area contributed by atoms with Crippen LogP contribution in [0.5, 0.6) is 0 Å². The summed E-state index contributed by atoms with van der Waals surface area (Å²) in [4.78, 5) is 0. The van der Waals surface area contributed by atoms with Gasteiger partial charge < -0.3 is 10.5 Å². The van der Waals surface area contributed by atoms with E-state index in [-0.39, 0.29) is 138 Å². The Kier molecular flexibility index (Phi) is 36.7. The Labute approximate surface area is 168 Å². The van der Waals surface area contributed by atoms with Gasteiger partial charge in [-0.3, -0.25) is 10.1 Å². The molecule has 0 rings (SSSR count). The second kappa shape index (κ2) is 17.8. The molecule has 0 bridgehead atoms. The van der Waals surface area contributed by atoms with Crippen molar-refractivity contribution < 1.29 is 173 Å². The first kappa shape index (κ1) is 18.6. The molecule has 0 saturated heterocycles. The van der Waals surface area contributed by atoms with E-state index in [0.29, 0.717) is 0 Å². The van der Waals surface area contributed by atoms with Gasteiger partial charge in [0.2, 0.25) is 0 Å². The van der Waals surface area contributed by atoms with Gasteiger partial charge in [-0.1, -0.05) is 0 Å². The summed E-state index contributed by atoms with van der Waals surface area (Å²) in [6, 6.07) is 0. The molecule has 0 aromatic carbocycles. The Morgan fingerprint density at radius 3 is 1.22 bits per heavy atom. The van der Waals surface area contributed by atoms with Crippen LogP contribution >= 0.6 is 0 Å². The summed E-state index contributed by atoms with van der Waals surface area (Å²) >= 11 is 0. The summed E-state index contributed by atoms with van der Waals surface area (Å²) in [6.45, 7) is 0. The fraction of sp³-hybridized carbons (Fsp3) is 0. The minimum absolute atomic E-state index is 0. The van der Waals surface area contributed by atoms with Crippen LogP contribution < -0.4 is 148 Å². The van der Waals surface area contributed by atoms with Crippen LogP contribution in [0.3, 0.4) is 0 Å². The van der Waals surface area contributed by atoms with E-state index in [2.05, 4.69) is 25.2 Å². The van der Waals surface area contributed by atoms with Crippen molar-refractivity contribution in [3.05, 3.63) is 0 Å². The van der Waals surface area contributed by atoms with Gasteiger partial charge in [0.15, 0.2) is 0 Å². The standard InChI is InChI=1S/2Cs.H2O7/c;;1-3-5-7-6-4-2/h;;1-2H/q2*+1;/p-2. The van der Waals surface area contributed by atoms with Crippen LogP contribution in [0.25, 0.3) is 0 Å². The molecular formula is Cs2O7. The van der Waals surface area contributed by atoms with E-state index in [1.165, 1.54) is 0 Å². The third-order valence-electron chi connectivity index (χ3n) is 0.111. The molecule has 0 saturated carbocycles. The first-order valence-corrected chi connectivity index (χ1v) is 1.00. The zero-order valence-electron chi connectivity index (χ0n) is 4.86. The van der Waals surface area contributed by atoms with Gasteiger partial charge in [0.1, 0.15) is 0 Å². The van der Waals surface area contributed by atoms with Gasteiger partial charge in [-0.15, -0.1) is 0 Å². The van der Waals surface area contributed by atoms with Crippen molar-refractivity contribution in [1.82, 2.24) is 0 Å². The molecule has 0 aliphatic carbocycles. The normalized spacial score (nSPS) is 7.33. The fourth-order valence-corrected chi connectivity index (χ4v) is 0.0340. The molecule has 0 atom stereocenters. The van der Waals surface area contributed by atoms with Crippen LogP contribution in [0.1, 0.15) is 0 Å². The molecule has 9 heavy (non-hydrogen) atoms. The first-order valence-electron chi connectivity index (χ1n) is 1.00. The van der Waals surface area contributed by atoms with Crippen LogP contribution in [0.4, 0.5) is 0 Å². The van der Waals surface area contributed by atoms with Crippen molar-refractivity contribution in [3.63, 3.8) is 0 Å². The zero-order chi connectivity index (χ0) is 5.54. The summed E-state index contributed by atoms with van der Waals surface area (Å²) in [5.74, 6) is 0. The maximum Gasteiger partial charge on any atom is 1.00 e. The molecule has 0 fully saturated rings. The molecule has 44 valence electrons. The third-order valence-corrected chi connectivity index (χ3v) is 0.111. The minimum atomic E-state index is 0. The van der Waals surface area contributed by atoms with E-state index < -0.39 is 0 Å². The van der Waals surface area contributed by atoms with Crippen LogP contribution in [-0.4, -0.2) is 0 Å². The van der Waals surface area contributed by atoms with Gasteiger partial charge in [-0.05, 0) is 15.1 Å². The van der Waals surface area contributed by atoms with E-state index in [1.54, 1.807) is 0 Å². The van der Waals surface area contributed by atoms with Crippen molar-refractivity contribution >= 4 is 0 Å². The van der Waals surface area contributed by atoms with Gasteiger partial charge in [0.05, 0.1) is 0 Å². The van der Waals surface area contributed by atoms with E-state index in [9.17, 15) is 0 Å². The average molecular weight is 378 g/mol. The molecule has 0 aromatic heterocycles. The molecule has 9 heteroatoms. The Bertz CT molecular complexity index is 26.1. The van der Waals surface area contributed by atoms with Crippen LogP contribution in [-0.2, 0) is 25.2 Å². The van der Waals surface area contributed by atoms with Crippen molar-refractivity contribution in [2.75, 3.05) is 0 Å². The fourth-order valence-electron chi connectivity index (χ4n) is 0.0340. The van der Waals surface area contributed by atoms with Crippen molar-refractivity contribution in [3.8, 4) is 0 Å². The molecule has 0 N–H and O–H groups in total. The first-order chi connectivity index (χ1) is 3.41. The predicted molar refractivity (Wildman–Crippen MR) is 5.42 cm³/mol. The van der Waals surface area contributed by atoms with Gasteiger partial charge >= 0.3 is 138 Å². The monoisotopic (exact) mass is 378 g/mol. The molecule has 7 nitrogen and oxygen atoms in total. The Morgan fingerprint density at radius 2 is 1.00 bits per heavy atom. The molecule has 0 aliphatic rings. The predicted octanol–water partition coefficient (Wildman–Crippen LogP) is -8.71. The second-order valence-electron chi connectivity index (χ2n) is 0.340. The van der Waals surface area contributed by atoms with Crippen molar-refractivity contribution in [2.45, 2.75) is 0 Å². The molecule has 0 heterocycles. The topological polar surface area (TPSA) is 92.3 Å². The Hall–Kier alpha value is 3.82. The SMILES string of the molecule is [Cs+].[Cs+].[O-]OOOOO[O-]. The zero-order valence-corrected chi connectivity index (χ0v) is 17.4. The quantitative estimate of drug-likeness (QED) is 0.273. The number of hydrogen-bond acceptors (Lipinski definition) is 7. The van der Waals surface area contributed by atoms with E-state index in [0.717, 1.165) is 0 Å². The Balaban J connectivity index is -0.000000180. The van der Waals surface area contributed by atoms with E-state index in [4.69, 9.17) is 10.5 Å².